The normalized spacial score (nSPS) is 26.0. The molecule has 2 fully saturated rings. The molecule has 3 rings (SSSR count). The summed E-state index contributed by atoms with van der Waals surface area (Å²) in [7, 11) is 0. The SMILES string of the molecule is C[C@@H]1CN(C2CCN(C(=O)Cc3ccc(CO)cc3)CC2)C[C@H](C)O1. The molecule has 0 bridgehead atoms. The van der Waals surface area contributed by atoms with Gasteiger partial charge in [0.05, 0.1) is 25.2 Å². The molecule has 1 amide bonds. The summed E-state index contributed by atoms with van der Waals surface area (Å²) < 4.78 is 5.83. The van der Waals surface area contributed by atoms with E-state index in [2.05, 4.69) is 18.7 Å². The van der Waals surface area contributed by atoms with Crippen molar-refractivity contribution in [1.82, 2.24) is 9.80 Å². The number of carbonyl (C=O) groups is 1. The Bertz CT molecular complexity index is 557. The van der Waals surface area contributed by atoms with E-state index in [0.717, 1.165) is 50.1 Å². The lowest BCUT2D eigenvalue weighted by Crippen LogP contribution is -2.53. The molecule has 2 heterocycles. The summed E-state index contributed by atoms with van der Waals surface area (Å²) in [4.78, 5) is 17.1. The average molecular weight is 346 g/mol. The third kappa shape index (κ3) is 4.81. The summed E-state index contributed by atoms with van der Waals surface area (Å²) in [5.74, 6) is 0.207. The minimum atomic E-state index is 0.0422. The minimum Gasteiger partial charge on any atom is -0.392 e. The largest absolute Gasteiger partial charge is 0.392 e. The predicted molar refractivity (Wildman–Crippen MR) is 97.3 cm³/mol. The van der Waals surface area contributed by atoms with E-state index in [1.807, 2.05) is 29.2 Å². The van der Waals surface area contributed by atoms with Crippen LogP contribution in [-0.2, 0) is 22.6 Å². The van der Waals surface area contributed by atoms with Crippen LogP contribution in [0.25, 0.3) is 0 Å². The lowest BCUT2D eigenvalue weighted by Gasteiger charge is -2.43. The number of aliphatic hydroxyl groups excluding tert-OH is 1. The van der Waals surface area contributed by atoms with Gasteiger partial charge in [0.1, 0.15) is 0 Å². The van der Waals surface area contributed by atoms with E-state index in [0.29, 0.717) is 24.7 Å². The molecule has 5 nitrogen and oxygen atoms in total. The number of aliphatic hydroxyl groups is 1. The monoisotopic (exact) mass is 346 g/mol. The van der Waals surface area contributed by atoms with Crippen LogP contribution in [0.15, 0.2) is 24.3 Å². The third-order valence-corrected chi connectivity index (χ3v) is 5.34. The molecule has 2 atom stereocenters. The number of ether oxygens (including phenoxy) is 1. The topological polar surface area (TPSA) is 53.0 Å². The molecule has 2 aliphatic heterocycles. The minimum absolute atomic E-state index is 0.0422. The fraction of sp³-hybridized carbons (Fsp3) is 0.650. The van der Waals surface area contributed by atoms with Crippen LogP contribution < -0.4 is 0 Å². The van der Waals surface area contributed by atoms with Gasteiger partial charge < -0.3 is 14.7 Å². The smallest absolute Gasteiger partial charge is 0.226 e. The van der Waals surface area contributed by atoms with Gasteiger partial charge in [-0.05, 0) is 37.8 Å². The van der Waals surface area contributed by atoms with Crippen molar-refractivity contribution in [1.29, 1.82) is 0 Å². The number of rotatable bonds is 4. The highest BCUT2D eigenvalue weighted by molar-refractivity contribution is 5.78. The van der Waals surface area contributed by atoms with E-state index in [9.17, 15) is 4.79 Å². The van der Waals surface area contributed by atoms with Crippen molar-refractivity contribution in [3.63, 3.8) is 0 Å². The highest BCUT2D eigenvalue weighted by Crippen LogP contribution is 2.22. The van der Waals surface area contributed by atoms with Crippen LogP contribution in [0.3, 0.4) is 0 Å². The molecule has 1 aromatic rings. The molecule has 25 heavy (non-hydrogen) atoms. The van der Waals surface area contributed by atoms with Gasteiger partial charge in [0.2, 0.25) is 5.91 Å². The van der Waals surface area contributed by atoms with Crippen LogP contribution in [0.2, 0.25) is 0 Å². The predicted octanol–water partition coefficient (Wildman–Crippen LogP) is 1.82. The number of hydrogen-bond donors (Lipinski definition) is 1. The molecule has 0 saturated carbocycles. The van der Waals surface area contributed by atoms with Crippen LogP contribution >= 0.6 is 0 Å². The highest BCUT2D eigenvalue weighted by atomic mass is 16.5. The van der Waals surface area contributed by atoms with Crippen molar-refractivity contribution < 1.29 is 14.6 Å². The van der Waals surface area contributed by atoms with E-state index >= 15 is 0 Å². The first-order valence-corrected chi connectivity index (χ1v) is 9.41. The maximum atomic E-state index is 12.6. The molecule has 0 unspecified atom stereocenters. The highest BCUT2D eigenvalue weighted by Gasteiger charge is 2.31. The van der Waals surface area contributed by atoms with E-state index in [1.54, 1.807) is 0 Å². The Labute approximate surface area is 150 Å². The number of carbonyl (C=O) groups excluding carboxylic acids is 1. The molecule has 5 heteroatoms. The Hall–Kier alpha value is -1.43. The van der Waals surface area contributed by atoms with Crippen LogP contribution in [0.5, 0.6) is 0 Å². The van der Waals surface area contributed by atoms with E-state index in [-0.39, 0.29) is 12.5 Å². The van der Waals surface area contributed by atoms with Gasteiger partial charge in [0.15, 0.2) is 0 Å². The molecule has 0 radical (unpaired) electrons. The van der Waals surface area contributed by atoms with Gasteiger partial charge in [-0.3, -0.25) is 9.69 Å². The molecular weight excluding hydrogens is 316 g/mol. The van der Waals surface area contributed by atoms with Gasteiger partial charge in [0.25, 0.3) is 0 Å². The molecule has 0 aromatic heterocycles. The zero-order chi connectivity index (χ0) is 17.8. The zero-order valence-electron chi connectivity index (χ0n) is 15.4. The number of amides is 1. The molecule has 1 aromatic carbocycles. The summed E-state index contributed by atoms with van der Waals surface area (Å²) in [6.45, 7) is 8.02. The number of hydrogen-bond acceptors (Lipinski definition) is 4. The Morgan fingerprint density at radius 2 is 1.64 bits per heavy atom. The number of likely N-dealkylation sites (tertiary alicyclic amines) is 1. The zero-order valence-corrected chi connectivity index (χ0v) is 15.4. The molecular formula is C20H30N2O3. The van der Waals surface area contributed by atoms with Crippen LogP contribution in [0.1, 0.15) is 37.8 Å². The van der Waals surface area contributed by atoms with Gasteiger partial charge in [-0.25, -0.2) is 0 Å². The Morgan fingerprint density at radius 3 is 2.20 bits per heavy atom. The van der Waals surface area contributed by atoms with Crippen molar-refractivity contribution in [2.45, 2.75) is 58.0 Å². The second kappa shape index (κ2) is 8.30. The third-order valence-electron chi connectivity index (χ3n) is 5.34. The average Bonchev–Trinajstić information content (AvgIpc) is 2.61. The first kappa shape index (κ1) is 18.4. The molecule has 0 aliphatic carbocycles. The van der Waals surface area contributed by atoms with Crippen molar-refractivity contribution in [2.75, 3.05) is 26.2 Å². The molecule has 0 spiro atoms. The first-order chi connectivity index (χ1) is 12.0. The number of morpholine rings is 1. The van der Waals surface area contributed by atoms with Gasteiger partial charge in [-0.15, -0.1) is 0 Å². The van der Waals surface area contributed by atoms with E-state index < -0.39 is 0 Å². The summed E-state index contributed by atoms with van der Waals surface area (Å²) >= 11 is 0. The van der Waals surface area contributed by atoms with Crippen LogP contribution in [0.4, 0.5) is 0 Å². The molecule has 138 valence electrons. The van der Waals surface area contributed by atoms with Crippen molar-refractivity contribution in [3.05, 3.63) is 35.4 Å². The Balaban J connectivity index is 1.48. The van der Waals surface area contributed by atoms with Crippen molar-refractivity contribution >= 4 is 5.91 Å². The summed E-state index contributed by atoms with van der Waals surface area (Å²) in [6.07, 6.45) is 3.14. The standard InChI is InChI=1S/C20H30N2O3/c1-15-12-22(13-16(2)25-15)19-7-9-21(10-8-19)20(24)11-17-3-5-18(14-23)6-4-17/h3-6,15-16,19,23H,7-14H2,1-2H3/t15-,16+. The number of nitrogens with zero attached hydrogens (tertiary/aromatic N) is 2. The van der Waals surface area contributed by atoms with Gasteiger partial charge >= 0.3 is 0 Å². The van der Waals surface area contributed by atoms with E-state index in [1.165, 1.54) is 0 Å². The number of benzene rings is 1. The van der Waals surface area contributed by atoms with Gasteiger partial charge in [0, 0.05) is 32.2 Å². The van der Waals surface area contributed by atoms with E-state index in [4.69, 9.17) is 9.84 Å². The van der Waals surface area contributed by atoms with Crippen LogP contribution in [-0.4, -0.2) is 65.2 Å². The quantitative estimate of drug-likeness (QED) is 0.904. The lowest BCUT2D eigenvalue weighted by atomic mass is 10.0. The van der Waals surface area contributed by atoms with Crippen LogP contribution in [0, 0.1) is 0 Å². The lowest BCUT2D eigenvalue weighted by molar-refractivity contribution is -0.133. The fourth-order valence-corrected chi connectivity index (χ4v) is 4.05. The van der Waals surface area contributed by atoms with Crippen molar-refractivity contribution in [2.24, 2.45) is 0 Å². The maximum absolute atomic E-state index is 12.6. The second-order valence-corrected chi connectivity index (χ2v) is 7.47. The second-order valence-electron chi connectivity index (χ2n) is 7.47. The Kier molecular flexibility index (Phi) is 6.10. The maximum Gasteiger partial charge on any atom is 0.226 e. The summed E-state index contributed by atoms with van der Waals surface area (Å²) in [6, 6.07) is 8.21. The summed E-state index contributed by atoms with van der Waals surface area (Å²) in [5, 5.41) is 9.09. The summed E-state index contributed by atoms with van der Waals surface area (Å²) in [5.41, 5.74) is 1.89. The first-order valence-electron chi connectivity index (χ1n) is 9.41. The molecule has 2 saturated heterocycles. The molecule has 2 aliphatic rings. The fourth-order valence-electron chi connectivity index (χ4n) is 4.05. The number of piperidine rings is 1. The van der Waals surface area contributed by atoms with Gasteiger partial charge in [-0.2, -0.15) is 0 Å². The van der Waals surface area contributed by atoms with Gasteiger partial charge in [-0.1, -0.05) is 24.3 Å². The van der Waals surface area contributed by atoms with Crippen molar-refractivity contribution in [3.8, 4) is 0 Å². The molecule has 1 N–H and O–H groups in total. The Morgan fingerprint density at radius 1 is 1.08 bits per heavy atom.